The molecule has 0 saturated heterocycles. The van der Waals surface area contributed by atoms with Gasteiger partial charge in [-0.05, 0) is 32.9 Å². The molecule has 0 radical (unpaired) electrons. The Morgan fingerprint density at radius 3 is 2.44 bits per heavy atom. The Hall–Kier alpha value is -1.42. The van der Waals surface area contributed by atoms with Crippen LogP contribution in [0.5, 0.6) is 11.5 Å². The Kier molecular flexibility index (Phi) is 7.03. The Balaban J connectivity index is 2.66. The molecular formula is C14H23NO3. The van der Waals surface area contributed by atoms with Crippen LogP contribution in [0.25, 0.3) is 0 Å². The van der Waals surface area contributed by atoms with E-state index < -0.39 is 0 Å². The second kappa shape index (κ2) is 8.64. The molecule has 0 unspecified atom stereocenters. The van der Waals surface area contributed by atoms with Gasteiger partial charge in [0.2, 0.25) is 0 Å². The summed E-state index contributed by atoms with van der Waals surface area (Å²) in [6.45, 7) is 9.41. The molecule has 0 aliphatic rings. The van der Waals surface area contributed by atoms with Crippen molar-refractivity contribution < 1.29 is 14.2 Å². The van der Waals surface area contributed by atoms with E-state index in [4.69, 9.17) is 14.2 Å². The van der Waals surface area contributed by atoms with Crippen molar-refractivity contribution in [2.24, 2.45) is 0 Å². The van der Waals surface area contributed by atoms with Crippen molar-refractivity contribution in [2.75, 3.05) is 38.3 Å². The summed E-state index contributed by atoms with van der Waals surface area (Å²) in [5, 5.41) is 3.30. The minimum absolute atomic E-state index is 0.647. The first-order chi connectivity index (χ1) is 8.81. The van der Waals surface area contributed by atoms with Gasteiger partial charge in [-0.3, -0.25) is 0 Å². The van der Waals surface area contributed by atoms with E-state index in [0.717, 1.165) is 30.3 Å². The molecule has 4 heteroatoms. The smallest absolute Gasteiger partial charge is 0.142 e. The summed E-state index contributed by atoms with van der Waals surface area (Å²) in [5.41, 5.74) is 0.947. The van der Waals surface area contributed by atoms with Gasteiger partial charge >= 0.3 is 0 Å². The van der Waals surface area contributed by atoms with Crippen molar-refractivity contribution in [3.05, 3.63) is 18.2 Å². The first-order valence-corrected chi connectivity index (χ1v) is 6.53. The highest BCUT2D eigenvalue weighted by molar-refractivity contribution is 5.59. The van der Waals surface area contributed by atoms with Gasteiger partial charge in [-0.2, -0.15) is 0 Å². The SMILES string of the molecule is CCOCCNc1cc(OCC)ccc1OCC. The van der Waals surface area contributed by atoms with Crippen LogP contribution in [-0.2, 0) is 4.74 Å². The molecule has 1 aromatic rings. The molecular weight excluding hydrogens is 230 g/mol. The fourth-order valence-corrected chi connectivity index (χ4v) is 1.59. The summed E-state index contributed by atoms with van der Waals surface area (Å²) in [5.74, 6) is 1.69. The van der Waals surface area contributed by atoms with Crippen molar-refractivity contribution >= 4 is 5.69 Å². The molecule has 0 aliphatic heterocycles. The number of rotatable bonds is 9. The molecule has 0 amide bonds. The molecule has 0 atom stereocenters. The highest BCUT2D eigenvalue weighted by atomic mass is 16.5. The molecule has 0 heterocycles. The third-order valence-electron chi connectivity index (χ3n) is 2.33. The number of anilines is 1. The van der Waals surface area contributed by atoms with Crippen LogP contribution < -0.4 is 14.8 Å². The maximum atomic E-state index is 5.57. The van der Waals surface area contributed by atoms with E-state index in [1.165, 1.54) is 0 Å². The predicted octanol–water partition coefficient (Wildman–Crippen LogP) is 2.93. The fourth-order valence-electron chi connectivity index (χ4n) is 1.59. The van der Waals surface area contributed by atoms with E-state index >= 15 is 0 Å². The summed E-state index contributed by atoms with van der Waals surface area (Å²) >= 11 is 0. The van der Waals surface area contributed by atoms with E-state index in [2.05, 4.69) is 5.32 Å². The van der Waals surface area contributed by atoms with Gasteiger partial charge in [0.05, 0.1) is 25.5 Å². The topological polar surface area (TPSA) is 39.7 Å². The lowest BCUT2D eigenvalue weighted by Crippen LogP contribution is -2.10. The number of benzene rings is 1. The monoisotopic (exact) mass is 253 g/mol. The van der Waals surface area contributed by atoms with Crippen LogP contribution in [0, 0.1) is 0 Å². The third-order valence-corrected chi connectivity index (χ3v) is 2.33. The van der Waals surface area contributed by atoms with Crippen molar-refractivity contribution in [1.82, 2.24) is 0 Å². The van der Waals surface area contributed by atoms with Crippen LogP contribution in [0.15, 0.2) is 18.2 Å². The average molecular weight is 253 g/mol. The number of hydrogen-bond acceptors (Lipinski definition) is 4. The van der Waals surface area contributed by atoms with Crippen molar-refractivity contribution in [3.8, 4) is 11.5 Å². The van der Waals surface area contributed by atoms with Gasteiger partial charge in [0.1, 0.15) is 11.5 Å². The summed E-state index contributed by atoms with van der Waals surface area (Å²) in [4.78, 5) is 0. The standard InChI is InChI=1S/C14H23NO3/c1-4-16-10-9-15-13-11-12(17-5-2)7-8-14(13)18-6-3/h7-8,11,15H,4-6,9-10H2,1-3H3. The Morgan fingerprint density at radius 1 is 1.00 bits per heavy atom. The summed E-state index contributed by atoms with van der Waals surface area (Å²) in [6, 6.07) is 5.81. The molecule has 0 bridgehead atoms. The van der Waals surface area contributed by atoms with Crippen LogP contribution in [0.1, 0.15) is 20.8 Å². The molecule has 0 fully saturated rings. The lowest BCUT2D eigenvalue weighted by atomic mass is 10.2. The molecule has 0 aromatic heterocycles. The van der Waals surface area contributed by atoms with Gasteiger partial charge in [-0.25, -0.2) is 0 Å². The molecule has 0 spiro atoms. The molecule has 1 N–H and O–H groups in total. The maximum absolute atomic E-state index is 5.57. The first kappa shape index (κ1) is 14.6. The average Bonchev–Trinajstić information content (AvgIpc) is 2.38. The quantitative estimate of drug-likeness (QED) is 0.687. The van der Waals surface area contributed by atoms with Gasteiger partial charge in [0.25, 0.3) is 0 Å². The van der Waals surface area contributed by atoms with Crippen LogP contribution in [0.4, 0.5) is 5.69 Å². The van der Waals surface area contributed by atoms with Crippen molar-refractivity contribution in [2.45, 2.75) is 20.8 Å². The van der Waals surface area contributed by atoms with Gasteiger partial charge < -0.3 is 19.5 Å². The second-order valence-corrected chi connectivity index (χ2v) is 3.65. The molecule has 1 aromatic carbocycles. The van der Waals surface area contributed by atoms with E-state index in [1.54, 1.807) is 0 Å². The lowest BCUT2D eigenvalue weighted by molar-refractivity contribution is 0.158. The van der Waals surface area contributed by atoms with Crippen LogP contribution in [0.2, 0.25) is 0 Å². The predicted molar refractivity (Wildman–Crippen MR) is 73.8 cm³/mol. The zero-order chi connectivity index (χ0) is 13.2. The molecule has 0 saturated carbocycles. The van der Waals surface area contributed by atoms with E-state index in [9.17, 15) is 0 Å². The number of ether oxygens (including phenoxy) is 3. The van der Waals surface area contributed by atoms with E-state index in [0.29, 0.717) is 19.8 Å². The second-order valence-electron chi connectivity index (χ2n) is 3.65. The maximum Gasteiger partial charge on any atom is 0.142 e. The molecule has 102 valence electrons. The lowest BCUT2D eigenvalue weighted by Gasteiger charge is -2.14. The van der Waals surface area contributed by atoms with Crippen LogP contribution >= 0.6 is 0 Å². The number of hydrogen-bond donors (Lipinski definition) is 1. The molecule has 4 nitrogen and oxygen atoms in total. The highest BCUT2D eigenvalue weighted by Gasteiger charge is 2.05. The summed E-state index contributed by atoms with van der Waals surface area (Å²) in [7, 11) is 0. The van der Waals surface area contributed by atoms with Crippen molar-refractivity contribution in [1.29, 1.82) is 0 Å². The Bertz CT molecular complexity index is 342. The van der Waals surface area contributed by atoms with Crippen LogP contribution in [0.3, 0.4) is 0 Å². The first-order valence-electron chi connectivity index (χ1n) is 6.53. The van der Waals surface area contributed by atoms with Gasteiger partial charge in [-0.1, -0.05) is 0 Å². The third kappa shape index (κ3) is 4.84. The van der Waals surface area contributed by atoms with E-state index in [1.807, 2.05) is 39.0 Å². The number of nitrogens with one attached hydrogen (secondary N) is 1. The van der Waals surface area contributed by atoms with Crippen LogP contribution in [-0.4, -0.2) is 33.0 Å². The largest absolute Gasteiger partial charge is 0.494 e. The van der Waals surface area contributed by atoms with Gasteiger partial charge in [0, 0.05) is 19.2 Å². The highest BCUT2D eigenvalue weighted by Crippen LogP contribution is 2.29. The normalized spacial score (nSPS) is 10.2. The Labute approximate surface area is 109 Å². The fraction of sp³-hybridized carbons (Fsp3) is 0.571. The van der Waals surface area contributed by atoms with Gasteiger partial charge in [-0.15, -0.1) is 0 Å². The zero-order valence-electron chi connectivity index (χ0n) is 11.5. The minimum Gasteiger partial charge on any atom is -0.494 e. The van der Waals surface area contributed by atoms with Gasteiger partial charge in [0.15, 0.2) is 0 Å². The van der Waals surface area contributed by atoms with Crippen molar-refractivity contribution in [3.63, 3.8) is 0 Å². The molecule has 0 aliphatic carbocycles. The minimum atomic E-state index is 0.647. The molecule has 1 rings (SSSR count). The summed E-state index contributed by atoms with van der Waals surface area (Å²) in [6.07, 6.45) is 0. The molecule has 18 heavy (non-hydrogen) atoms. The summed E-state index contributed by atoms with van der Waals surface area (Å²) < 4.78 is 16.3. The zero-order valence-corrected chi connectivity index (χ0v) is 11.5. The van der Waals surface area contributed by atoms with E-state index in [-0.39, 0.29) is 0 Å². The Morgan fingerprint density at radius 2 is 1.78 bits per heavy atom.